The van der Waals surface area contributed by atoms with Gasteiger partial charge in [-0.25, -0.2) is 0 Å². The smallest absolute Gasteiger partial charge is 0.223 e. The van der Waals surface area contributed by atoms with Gasteiger partial charge in [-0.05, 0) is 11.6 Å². The van der Waals surface area contributed by atoms with E-state index in [1.54, 1.807) is 6.92 Å². The van der Waals surface area contributed by atoms with E-state index in [0.717, 1.165) is 11.1 Å². The second-order valence-electron chi connectivity index (χ2n) is 3.04. The highest BCUT2D eigenvalue weighted by Gasteiger charge is 2.05. The molecule has 1 aromatic carbocycles. The van der Waals surface area contributed by atoms with Gasteiger partial charge < -0.3 is 10.3 Å². The number of nitrogens with two attached hydrogens (primary N) is 1. The first-order valence-corrected chi connectivity index (χ1v) is 4.39. The van der Waals surface area contributed by atoms with Gasteiger partial charge in [-0.15, -0.1) is 0 Å². The monoisotopic (exact) mass is 189 g/mol. The van der Waals surface area contributed by atoms with E-state index in [4.69, 9.17) is 10.3 Å². The molecule has 14 heavy (non-hydrogen) atoms. The average Bonchev–Trinajstić information content (AvgIpc) is 2.65. The highest BCUT2D eigenvalue weighted by atomic mass is 16.5. The van der Waals surface area contributed by atoms with Crippen LogP contribution in [0, 0.1) is 6.92 Å². The van der Waals surface area contributed by atoms with Crippen LogP contribution in [0.2, 0.25) is 0 Å². The normalized spacial score (nSPS) is 10.4. The van der Waals surface area contributed by atoms with Crippen molar-refractivity contribution in [1.29, 1.82) is 0 Å². The highest BCUT2D eigenvalue weighted by molar-refractivity contribution is 5.55. The quantitative estimate of drug-likeness (QED) is 0.777. The number of nitrogens with zero attached hydrogens (tertiary/aromatic N) is 2. The Morgan fingerprint density at radius 2 is 2.29 bits per heavy atom. The summed E-state index contributed by atoms with van der Waals surface area (Å²) in [6, 6.07) is 7.80. The number of hydrogen-bond acceptors (Lipinski definition) is 4. The minimum absolute atomic E-state index is 0.519. The van der Waals surface area contributed by atoms with Gasteiger partial charge in [0.15, 0.2) is 0 Å². The van der Waals surface area contributed by atoms with Crippen molar-refractivity contribution in [2.24, 2.45) is 5.73 Å². The first kappa shape index (κ1) is 8.90. The van der Waals surface area contributed by atoms with Crippen LogP contribution in [-0.4, -0.2) is 10.1 Å². The van der Waals surface area contributed by atoms with E-state index < -0.39 is 0 Å². The van der Waals surface area contributed by atoms with E-state index in [-0.39, 0.29) is 0 Å². The molecule has 0 bridgehead atoms. The fourth-order valence-corrected chi connectivity index (χ4v) is 1.25. The average molecular weight is 189 g/mol. The van der Waals surface area contributed by atoms with Gasteiger partial charge in [0.1, 0.15) is 0 Å². The van der Waals surface area contributed by atoms with Crippen LogP contribution in [0.1, 0.15) is 11.5 Å². The standard InChI is InChI=1S/C10H11N3O/c1-7-12-10(13-14-7)9-4-2-3-8(5-9)6-11/h2-5H,6,11H2,1H3. The summed E-state index contributed by atoms with van der Waals surface area (Å²) in [6.07, 6.45) is 0. The summed E-state index contributed by atoms with van der Waals surface area (Å²) < 4.78 is 4.90. The van der Waals surface area contributed by atoms with Gasteiger partial charge >= 0.3 is 0 Å². The Bertz CT molecular complexity index is 436. The first-order valence-electron chi connectivity index (χ1n) is 4.39. The topological polar surface area (TPSA) is 64.9 Å². The number of aryl methyl sites for hydroxylation is 1. The van der Waals surface area contributed by atoms with Gasteiger partial charge in [-0.3, -0.25) is 0 Å². The molecule has 72 valence electrons. The molecule has 0 spiro atoms. The third kappa shape index (κ3) is 1.65. The summed E-state index contributed by atoms with van der Waals surface area (Å²) in [5, 5.41) is 3.83. The molecule has 2 rings (SSSR count). The predicted molar refractivity (Wildman–Crippen MR) is 52.4 cm³/mol. The second kappa shape index (κ2) is 3.59. The molecule has 0 saturated heterocycles. The van der Waals surface area contributed by atoms with Crippen LogP contribution in [0.5, 0.6) is 0 Å². The van der Waals surface area contributed by atoms with Crippen LogP contribution >= 0.6 is 0 Å². The van der Waals surface area contributed by atoms with E-state index in [2.05, 4.69) is 10.1 Å². The Morgan fingerprint density at radius 1 is 1.43 bits per heavy atom. The van der Waals surface area contributed by atoms with Crippen molar-refractivity contribution in [2.75, 3.05) is 0 Å². The molecule has 0 aliphatic rings. The summed E-state index contributed by atoms with van der Waals surface area (Å²) in [5.74, 6) is 1.18. The minimum atomic E-state index is 0.519. The van der Waals surface area contributed by atoms with Crippen LogP contribution in [0.3, 0.4) is 0 Å². The molecule has 4 nitrogen and oxygen atoms in total. The van der Waals surface area contributed by atoms with Crippen LogP contribution in [-0.2, 0) is 6.54 Å². The van der Waals surface area contributed by atoms with Crippen molar-refractivity contribution in [1.82, 2.24) is 10.1 Å². The molecule has 0 saturated carbocycles. The molecule has 2 aromatic rings. The summed E-state index contributed by atoms with van der Waals surface area (Å²) in [4.78, 5) is 4.14. The van der Waals surface area contributed by atoms with Crippen molar-refractivity contribution in [2.45, 2.75) is 13.5 Å². The maximum absolute atomic E-state index is 5.54. The lowest BCUT2D eigenvalue weighted by molar-refractivity contribution is 0.394. The van der Waals surface area contributed by atoms with Crippen LogP contribution in [0.15, 0.2) is 28.8 Å². The number of hydrogen-bond donors (Lipinski definition) is 1. The number of benzene rings is 1. The number of rotatable bonds is 2. The Balaban J connectivity index is 2.41. The molecule has 4 heteroatoms. The summed E-state index contributed by atoms with van der Waals surface area (Å²) in [7, 11) is 0. The summed E-state index contributed by atoms with van der Waals surface area (Å²) in [5.41, 5.74) is 7.53. The molecule has 0 atom stereocenters. The molecule has 0 aliphatic carbocycles. The molecule has 0 radical (unpaired) electrons. The predicted octanol–water partition coefficient (Wildman–Crippen LogP) is 1.50. The van der Waals surface area contributed by atoms with Gasteiger partial charge in [0, 0.05) is 19.0 Å². The van der Waals surface area contributed by atoms with Crippen molar-refractivity contribution < 1.29 is 4.52 Å². The molecule has 0 fully saturated rings. The molecule has 2 N–H and O–H groups in total. The molecular formula is C10H11N3O. The molecule has 0 unspecified atom stereocenters. The fraction of sp³-hybridized carbons (Fsp3) is 0.200. The third-order valence-corrected chi connectivity index (χ3v) is 1.95. The van der Waals surface area contributed by atoms with Gasteiger partial charge in [-0.2, -0.15) is 4.98 Å². The van der Waals surface area contributed by atoms with E-state index >= 15 is 0 Å². The Labute approximate surface area is 81.7 Å². The zero-order chi connectivity index (χ0) is 9.97. The Hall–Kier alpha value is -1.68. The Morgan fingerprint density at radius 3 is 2.93 bits per heavy atom. The second-order valence-corrected chi connectivity index (χ2v) is 3.04. The lowest BCUT2D eigenvalue weighted by Gasteiger charge is -1.97. The molecule has 1 heterocycles. The van der Waals surface area contributed by atoms with Crippen LogP contribution in [0.4, 0.5) is 0 Å². The minimum Gasteiger partial charge on any atom is -0.339 e. The van der Waals surface area contributed by atoms with E-state index in [1.807, 2.05) is 24.3 Å². The summed E-state index contributed by atoms with van der Waals surface area (Å²) >= 11 is 0. The van der Waals surface area contributed by atoms with Gasteiger partial charge in [0.05, 0.1) is 0 Å². The van der Waals surface area contributed by atoms with Gasteiger partial charge in [0.2, 0.25) is 11.7 Å². The maximum atomic E-state index is 5.54. The van der Waals surface area contributed by atoms with E-state index in [0.29, 0.717) is 18.3 Å². The van der Waals surface area contributed by atoms with E-state index in [1.165, 1.54) is 0 Å². The van der Waals surface area contributed by atoms with Crippen LogP contribution in [0.25, 0.3) is 11.4 Å². The largest absolute Gasteiger partial charge is 0.339 e. The van der Waals surface area contributed by atoms with Crippen molar-refractivity contribution in [3.63, 3.8) is 0 Å². The molecule has 0 aliphatic heterocycles. The third-order valence-electron chi connectivity index (χ3n) is 1.95. The molecule has 0 amide bonds. The lowest BCUT2D eigenvalue weighted by Crippen LogP contribution is -1.96. The first-order chi connectivity index (χ1) is 6.79. The van der Waals surface area contributed by atoms with E-state index in [9.17, 15) is 0 Å². The zero-order valence-electron chi connectivity index (χ0n) is 7.90. The van der Waals surface area contributed by atoms with Crippen LogP contribution < -0.4 is 5.73 Å². The van der Waals surface area contributed by atoms with Gasteiger partial charge in [-0.1, -0.05) is 23.4 Å². The zero-order valence-corrected chi connectivity index (χ0v) is 7.90. The maximum Gasteiger partial charge on any atom is 0.223 e. The van der Waals surface area contributed by atoms with Crippen molar-refractivity contribution >= 4 is 0 Å². The van der Waals surface area contributed by atoms with Crippen molar-refractivity contribution in [3.05, 3.63) is 35.7 Å². The Kier molecular flexibility index (Phi) is 2.28. The number of aromatic nitrogens is 2. The molecular weight excluding hydrogens is 178 g/mol. The van der Waals surface area contributed by atoms with Crippen molar-refractivity contribution in [3.8, 4) is 11.4 Å². The lowest BCUT2D eigenvalue weighted by atomic mass is 10.1. The fourth-order valence-electron chi connectivity index (χ4n) is 1.25. The van der Waals surface area contributed by atoms with Gasteiger partial charge in [0.25, 0.3) is 0 Å². The highest BCUT2D eigenvalue weighted by Crippen LogP contribution is 2.16. The molecule has 1 aromatic heterocycles. The SMILES string of the molecule is Cc1nc(-c2cccc(CN)c2)no1. The summed E-state index contributed by atoms with van der Waals surface area (Å²) in [6.45, 7) is 2.29.